The topological polar surface area (TPSA) is 116 Å². The lowest BCUT2D eigenvalue weighted by molar-refractivity contribution is -0.137. The number of urea groups is 1. The number of amides is 2. The Balaban J connectivity index is 4.25. The second-order valence-electron chi connectivity index (χ2n) is 4.95. The van der Waals surface area contributed by atoms with E-state index in [4.69, 9.17) is 5.11 Å². The molecule has 0 heterocycles. The van der Waals surface area contributed by atoms with Crippen molar-refractivity contribution >= 4 is 22.0 Å². The summed E-state index contributed by atoms with van der Waals surface area (Å²) in [5, 5.41) is 13.7. The van der Waals surface area contributed by atoms with Gasteiger partial charge in [-0.25, -0.2) is 17.5 Å². The minimum Gasteiger partial charge on any atom is -0.481 e. The Morgan fingerprint density at radius 2 is 1.80 bits per heavy atom. The molecule has 1 unspecified atom stereocenters. The number of sulfonamides is 1. The average molecular weight is 309 g/mol. The summed E-state index contributed by atoms with van der Waals surface area (Å²) in [6, 6.07) is -1.07. The summed E-state index contributed by atoms with van der Waals surface area (Å²) in [4.78, 5) is 22.2. The molecule has 20 heavy (non-hydrogen) atoms. The molecule has 0 aliphatic carbocycles. The fraction of sp³-hybridized carbons (Fsp3) is 0.818. The number of carboxylic acids is 1. The van der Waals surface area contributed by atoms with E-state index in [1.54, 1.807) is 13.8 Å². The van der Waals surface area contributed by atoms with Crippen LogP contribution in [0.15, 0.2) is 0 Å². The van der Waals surface area contributed by atoms with E-state index in [1.807, 2.05) is 0 Å². The van der Waals surface area contributed by atoms with Crippen LogP contribution in [0.25, 0.3) is 0 Å². The first-order chi connectivity index (χ1) is 9.06. The molecule has 8 nitrogen and oxygen atoms in total. The molecule has 0 bridgehead atoms. The van der Waals surface area contributed by atoms with Crippen molar-refractivity contribution in [3.05, 3.63) is 0 Å². The van der Waals surface area contributed by atoms with Gasteiger partial charge in [0.15, 0.2) is 0 Å². The van der Waals surface area contributed by atoms with Crippen molar-refractivity contribution in [1.29, 1.82) is 0 Å². The van der Waals surface area contributed by atoms with Gasteiger partial charge in [0, 0.05) is 26.7 Å². The third-order valence-corrected chi connectivity index (χ3v) is 4.55. The first kappa shape index (κ1) is 18.7. The summed E-state index contributed by atoms with van der Waals surface area (Å²) in [6.45, 7) is 3.55. The van der Waals surface area contributed by atoms with E-state index in [0.29, 0.717) is 0 Å². The highest BCUT2D eigenvalue weighted by molar-refractivity contribution is 7.89. The standard InChI is InChI=1S/C11H23N3O5S/c1-8(2)9(7-10(15)16)13-11(17)12-5-6-20(18,19)14(3)4/h8-9H,5-7H2,1-4H3,(H,15,16)(H2,12,13,17). The maximum Gasteiger partial charge on any atom is 0.315 e. The maximum atomic E-state index is 11.6. The number of nitrogens with one attached hydrogen (secondary N) is 2. The molecule has 1 atom stereocenters. The van der Waals surface area contributed by atoms with Crippen LogP contribution in [0, 0.1) is 5.92 Å². The van der Waals surface area contributed by atoms with Crippen LogP contribution in [0.3, 0.4) is 0 Å². The van der Waals surface area contributed by atoms with Gasteiger partial charge in [0.05, 0.1) is 12.2 Å². The van der Waals surface area contributed by atoms with Crippen molar-refractivity contribution in [1.82, 2.24) is 14.9 Å². The largest absolute Gasteiger partial charge is 0.481 e. The van der Waals surface area contributed by atoms with E-state index in [-0.39, 0.29) is 24.6 Å². The van der Waals surface area contributed by atoms with Crippen LogP contribution in [0.4, 0.5) is 4.79 Å². The van der Waals surface area contributed by atoms with E-state index >= 15 is 0 Å². The van der Waals surface area contributed by atoms with Gasteiger partial charge < -0.3 is 15.7 Å². The first-order valence-electron chi connectivity index (χ1n) is 6.22. The van der Waals surface area contributed by atoms with Gasteiger partial charge in [-0.1, -0.05) is 13.8 Å². The highest BCUT2D eigenvalue weighted by Gasteiger charge is 2.20. The van der Waals surface area contributed by atoms with Crippen molar-refractivity contribution < 1.29 is 23.1 Å². The van der Waals surface area contributed by atoms with Crippen LogP contribution in [0.1, 0.15) is 20.3 Å². The molecule has 0 radical (unpaired) electrons. The fourth-order valence-electron chi connectivity index (χ4n) is 1.34. The maximum absolute atomic E-state index is 11.6. The van der Waals surface area contributed by atoms with Crippen LogP contribution < -0.4 is 10.6 Å². The molecule has 0 aliphatic heterocycles. The lowest BCUT2D eigenvalue weighted by Gasteiger charge is -2.21. The Morgan fingerprint density at radius 1 is 1.25 bits per heavy atom. The van der Waals surface area contributed by atoms with Crippen molar-refractivity contribution in [3.63, 3.8) is 0 Å². The van der Waals surface area contributed by atoms with Gasteiger partial charge in [-0.2, -0.15) is 0 Å². The molecule has 0 saturated heterocycles. The quantitative estimate of drug-likeness (QED) is 0.568. The molecule has 118 valence electrons. The summed E-state index contributed by atoms with van der Waals surface area (Å²) < 4.78 is 24.0. The summed E-state index contributed by atoms with van der Waals surface area (Å²) in [5.74, 6) is -1.25. The number of nitrogens with zero attached hydrogens (tertiary/aromatic N) is 1. The fourth-order valence-corrected chi connectivity index (χ4v) is 2.06. The molecule has 0 saturated carbocycles. The Hall–Kier alpha value is -1.35. The number of carbonyl (C=O) groups excluding carboxylic acids is 1. The molecule has 0 aromatic rings. The van der Waals surface area contributed by atoms with E-state index in [9.17, 15) is 18.0 Å². The molecule has 2 amide bonds. The van der Waals surface area contributed by atoms with Gasteiger partial charge in [0.25, 0.3) is 0 Å². The molecule has 0 aromatic carbocycles. The monoisotopic (exact) mass is 309 g/mol. The van der Waals surface area contributed by atoms with Crippen molar-refractivity contribution in [2.75, 3.05) is 26.4 Å². The molecule has 0 aliphatic rings. The average Bonchev–Trinajstić information content (AvgIpc) is 2.26. The Kier molecular flexibility index (Phi) is 7.51. The van der Waals surface area contributed by atoms with E-state index < -0.39 is 28.1 Å². The summed E-state index contributed by atoms with van der Waals surface area (Å²) in [7, 11) is -0.533. The molecule has 0 spiro atoms. The number of carbonyl (C=O) groups is 2. The van der Waals surface area contributed by atoms with Gasteiger partial charge in [-0.15, -0.1) is 0 Å². The molecule has 0 fully saturated rings. The van der Waals surface area contributed by atoms with Crippen LogP contribution >= 0.6 is 0 Å². The smallest absolute Gasteiger partial charge is 0.315 e. The predicted molar refractivity (Wildman–Crippen MR) is 74.9 cm³/mol. The van der Waals surface area contributed by atoms with Crippen LogP contribution in [0.2, 0.25) is 0 Å². The lowest BCUT2D eigenvalue weighted by atomic mass is 10.0. The third-order valence-electron chi connectivity index (χ3n) is 2.72. The Morgan fingerprint density at radius 3 is 2.20 bits per heavy atom. The second kappa shape index (κ2) is 8.05. The Bertz CT molecular complexity index is 433. The number of rotatable bonds is 8. The molecule has 9 heteroatoms. The van der Waals surface area contributed by atoms with Gasteiger partial charge in [0.1, 0.15) is 0 Å². The number of carboxylic acid groups (broad SMARTS) is 1. The highest BCUT2D eigenvalue weighted by Crippen LogP contribution is 2.05. The van der Waals surface area contributed by atoms with Gasteiger partial charge in [0.2, 0.25) is 10.0 Å². The minimum absolute atomic E-state index is 0.0375. The molecule has 0 rings (SSSR count). The Labute approximate surface area is 119 Å². The second-order valence-corrected chi connectivity index (χ2v) is 7.25. The minimum atomic E-state index is -3.36. The van der Waals surface area contributed by atoms with Crippen molar-refractivity contribution in [2.45, 2.75) is 26.3 Å². The predicted octanol–water partition coefficient (Wildman–Crippen LogP) is -0.324. The summed E-state index contributed by atoms with van der Waals surface area (Å²) in [5.41, 5.74) is 0. The normalized spacial score (nSPS) is 13.3. The number of aliphatic carboxylic acids is 1. The van der Waals surface area contributed by atoms with Crippen LogP contribution in [0.5, 0.6) is 0 Å². The number of hydrogen-bond acceptors (Lipinski definition) is 4. The van der Waals surface area contributed by atoms with Crippen LogP contribution in [-0.4, -0.2) is 62.3 Å². The van der Waals surface area contributed by atoms with Crippen molar-refractivity contribution in [2.24, 2.45) is 5.92 Å². The third kappa shape index (κ3) is 7.29. The van der Waals surface area contributed by atoms with Gasteiger partial charge >= 0.3 is 12.0 Å². The molecule has 0 aromatic heterocycles. The zero-order valence-corrected chi connectivity index (χ0v) is 13.0. The zero-order valence-electron chi connectivity index (χ0n) is 12.2. The number of hydrogen-bond donors (Lipinski definition) is 3. The summed E-state index contributed by atoms with van der Waals surface area (Å²) in [6.07, 6.45) is -0.179. The molecular formula is C11H23N3O5S. The molecular weight excluding hydrogens is 286 g/mol. The van der Waals surface area contributed by atoms with Gasteiger partial charge in [-0.05, 0) is 5.92 Å². The van der Waals surface area contributed by atoms with Gasteiger partial charge in [-0.3, -0.25) is 4.79 Å². The van der Waals surface area contributed by atoms with Crippen LogP contribution in [-0.2, 0) is 14.8 Å². The molecule has 3 N–H and O–H groups in total. The van der Waals surface area contributed by atoms with Crippen molar-refractivity contribution in [3.8, 4) is 0 Å². The first-order valence-corrected chi connectivity index (χ1v) is 7.83. The lowest BCUT2D eigenvalue weighted by Crippen LogP contribution is -2.46. The van der Waals surface area contributed by atoms with E-state index in [0.717, 1.165) is 4.31 Å². The highest BCUT2D eigenvalue weighted by atomic mass is 32.2. The van der Waals surface area contributed by atoms with E-state index in [1.165, 1.54) is 14.1 Å². The summed E-state index contributed by atoms with van der Waals surface area (Å²) >= 11 is 0. The zero-order chi connectivity index (χ0) is 15.9. The SMILES string of the molecule is CC(C)C(CC(=O)O)NC(=O)NCCS(=O)(=O)N(C)C. The van der Waals surface area contributed by atoms with E-state index in [2.05, 4.69) is 10.6 Å².